The summed E-state index contributed by atoms with van der Waals surface area (Å²) in [4.78, 5) is 0. The molecule has 0 bridgehead atoms. The molecule has 0 aliphatic rings. The SMILES string of the molecule is CC(C)(C)c1cc(O)cc(C(C)(C)C)c1CN. The van der Waals surface area contributed by atoms with Crippen molar-refractivity contribution >= 4 is 0 Å². The third kappa shape index (κ3) is 3.01. The Kier molecular flexibility index (Phi) is 3.58. The van der Waals surface area contributed by atoms with Crippen LogP contribution < -0.4 is 5.73 Å². The molecule has 3 N–H and O–H groups in total. The van der Waals surface area contributed by atoms with Crippen molar-refractivity contribution in [1.29, 1.82) is 0 Å². The van der Waals surface area contributed by atoms with Crippen molar-refractivity contribution in [1.82, 2.24) is 0 Å². The van der Waals surface area contributed by atoms with Crippen LogP contribution in [0.1, 0.15) is 58.2 Å². The Bertz CT molecular complexity index is 373. The highest BCUT2D eigenvalue weighted by molar-refractivity contribution is 5.47. The Hall–Kier alpha value is -1.02. The topological polar surface area (TPSA) is 46.2 Å². The summed E-state index contributed by atoms with van der Waals surface area (Å²) < 4.78 is 0. The fourth-order valence-corrected chi connectivity index (χ4v) is 2.22. The van der Waals surface area contributed by atoms with E-state index < -0.39 is 0 Å². The Morgan fingerprint density at radius 1 is 0.941 bits per heavy atom. The Balaban J connectivity index is 3.58. The molecule has 0 saturated heterocycles. The average molecular weight is 235 g/mol. The van der Waals surface area contributed by atoms with E-state index in [9.17, 15) is 5.11 Å². The van der Waals surface area contributed by atoms with Crippen LogP contribution in [0.3, 0.4) is 0 Å². The van der Waals surface area contributed by atoms with E-state index in [1.165, 1.54) is 5.56 Å². The second-order valence-electron chi connectivity index (χ2n) is 6.72. The molecule has 0 heterocycles. The first-order chi connectivity index (χ1) is 7.57. The first-order valence-electron chi connectivity index (χ1n) is 6.14. The van der Waals surface area contributed by atoms with Crippen LogP contribution in [0.25, 0.3) is 0 Å². The largest absolute Gasteiger partial charge is 0.508 e. The van der Waals surface area contributed by atoms with Crippen molar-refractivity contribution in [2.45, 2.75) is 58.9 Å². The lowest BCUT2D eigenvalue weighted by molar-refractivity contribution is 0.464. The first-order valence-corrected chi connectivity index (χ1v) is 6.14. The number of nitrogens with two attached hydrogens (primary N) is 1. The predicted molar refractivity (Wildman–Crippen MR) is 73.4 cm³/mol. The van der Waals surface area contributed by atoms with Crippen LogP contribution in [0, 0.1) is 0 Å². The number of phenols is 1. The molecule has 2 heteroatoms. The van der Waals surface area contributed by atoms with Gasteiger partial charge in [-0.15, -0.1) is 0 Å². The monoisotopic (exact) mass is 235 g/mol. The van der Waals surface area contributed by atoms with Gasteiger partial charge >= 0.3 is 0 Å². The van der Waals surface area contributed by atoms with Crippen molar-refractivity contribution in [2.24, 2.45) is 5.73 Å². The molecule has 96 valence electrons. The Morgan fingerprint density at radius 2 is 1.29 bits per heavy atom. The lowest BCUT2D eigenvalue weighted by atomic mass is 9.76. The molecule has 1 aromatic rings. The summed E-state index contributed by atoms with van der Waals surface area (Å²) in [6.07, 6.45) is 0. The van der Waals surface area contributed by atoms with E-state index in [1.54, 1.807) is 0 Å². The third-order valence-electron chi connectivity index (χ3n) is 3.05. The lowest BCUT2D eigenvalue weighted by Gasteiger charge is -2.29. The molecule has 0 radical (unpaired) electrons. The van der Waals surface area contributed by atoms with Gasteiger partial charge < -0.3 is 10.8 Å². The smallest absolute Gasteiger partial charge is 0.116 e. The number of benzene rings is 1. The van der Waals surface area contributed by atoms with Crippen molar-refractivity contribution in [3.8, 4) is 5.75 Å². The summed E-state index contributed by atoms with van der Waals surface area (Å²) in [6.45, 7) is 13.4. The maximum absolute atomic E-state index is 9.90. The van der Waals surface area contributed by atoms with Gasteiger partial charge in [-0.25, -0.2) is 0 Å². The Morgan fingerprint density at radius 3 is 1.53 bits per heavy atom. The molecule has 1 aromatic carbocycles. The number of hydrogen-bond donors (Lipinski definition) is 2. The van der Waals surface area contributed by atoms with Gasteiger partial charge in [0, 0.05) is 6.54 Å². The molecule has 0 aliphatic heterocycles. The quantitative estimate of drug-likeness (QED) is 0.783. The summed E-state index contributed by atoms with van der Waals surface area (Å²) in [5.74, 6) is 0.331. The Labute approximate surface area is 105 Å². The van der Waals surface area contributed by atoms with E-state index in [1.807, 2.05) is 12.1 Å². The fraction of sp³-hybridized carbons (Fsp3) is 0.600. The minimum Gasteiger partial charge on any atom is -0.508 e. The minimum atomic E-state index is -0.00650. The molecular weight excluding hydrogens is 210 g/mol. The van der Waals surface area contributed by atoms with Gasteiger partial charge in [0.05, 0.1) is 0 Å². The second-order valence-corrected chi connectivity index (χ2v) is 6.72. The van der Waals surface area contributed by atoms with Crippen LogP contribution in [0.5, 0.6) is 5.75 Å². The van der Waals surface area contributed by atoms with Crippen molar-refractivity contribution in [3.63, 3.8) is 0 Å². The molecule has 0 spiro atoms. The molecule has 17 heavy (non-hydrogen) atoms. The van der Waals surface area contributed by atoms with Crippen molar-refractivity contribution in [3.05, 3.63) is 28.8 Å². The summed E-state index contributed by atoms with van der Waals surface area (Å²) in [5, 5.41) is 9.90. The molecule has 1 rings (SSSR count). The number of hydrogen-bond acceptors (Lipinski definition) is 2. The minimum absolute atomic E-state index is 0.00650. The predicted octanol–water partition coefficient (Wildman–Crippen LogP) is 3.45. The van der Waals surface area contributed by atoms with E-state index in [-0.39, 0.29) is 10.8 Å². The number of phenolic OH excluding ortho intramolecular Hbond substituents is 1. The van der Waals surface area contributed by atoms with Crippen LogP contribution in [0.4, 0.5) is 0 Å². The normalized spacial score (nSPS) is 12.9. The van der Waals surface area contributed by atoms with Gasteiger partial charge in [0.2, 0.25) is 0 Å². The summed E-state index contributed by atoms with van der Waals surface area (Å²) in [7, 11) is 0. The van der Waals surface area contributed by atoms with Crippen LogP contribution in [0.15, 0.2) is 12.1 Å². The highest BCUT2D eigenvalue weighted by Crippen LogP contribution is 2.36. The van der Waals surface area contributed by atoms with E-state index in [4.69, 9.17) is 5.73 Å². The molecule has 0 saturated carbocycles. The molecule has 0 atom stereocenters. The maximum Gasteiger partial charge on any atom is 0.116 e. The van der Waals surface area contributed by atoms with Gasteiger partial charge in [0.15, 0.2) is 0 Å². The molecule has 2 nitrogen and oxygen atoms in total. The van der Waals surface area contributed by atoms with Crippen LogP contribution in [-0.2, 0) is 17.4 Å². The number of aromatic hydroxyl groups is 1. The fourth-order valence-electron chi connectivity index (χ4n) is 2.22. The van der Waals surface area contributed by atoms with Crippen LogP contribution >= 0.6 is 0 Å². The van der Waals surface area contributed by atoms with Crippen LogP contribution in [0.2, 0.25) is 0 Å². The second kappa shape index (κ2) is 4.34. The standard InChI is InChI=1S/C15H25NO/c1-14(2,3)12-7-10(17)8-13(11(12)9-16)15(4,5)6/h7-8,17H,9,16H2,1-6H3. The van der Waals surface area contributed by atoms with Gasteiger partial charge in [-0.2, -0.15) is 0 Å². The molecule has 0 fully saturated rings. The van der Waals surface area contributed by atoms with Gasteiger partial charge in [-0.1, -0.05) is 41.5 Å². The van der Waals surface area contributed by atoms with Crippen molar-refractivity contribution < 1.29 is 5.11 Å². The zero-order valence-electron chi connectivity index (χ0n) is 11.9. The molecular formula is C15H25NO. The highest BCUT2D eigenvalue weighted by atomic mass is 16.3. The summed E-state index contributed by atoms with van der Waals surface area (Å²) in [5.41, 5.74) is 9.36. The summed E-state index contributed by atoms with van der Waals surface area (Å²) >= 11 is 0. The van der Waals surface area contributed by atoms with E-state index in [2.05, 4.69) is 41.5 Å². The van der Waals surface area contributed by atoms with Gasteiger partial charge in [-0.05, 0) is 39.7 Å². The third-order valence-corrected chi connectivity index (χ3v) is 3.05. The maximum atomic E-state index is 9.90. The molecule has 0 unspecified atom stereocenters. The molecule has 0 aromatic heterocycles. The zero-order chi connectivity index (χ0) is 13.4. The first kappa shape index (κ1) is 14.0. The van der Waals surface area contributed by atoms with Gasteiger partial charge in [0.1, 0.15) is 5.75 Å². The molecule has 0 amide bonds. The van der Waals surface area contributed by atoms with Gasteiger partial charge in [-0.3, -0.25) is 0 Å². The van der Waals surface area contributed by atoms with E-state index in [0.717, 1.165) is 11.1 Å². The van der Waals surface area contributed by atoms with Gasteiger partial charge in [0.25, 0.3) is 0 Å². The number of rotatable bonds is 1. The summed E-state index contributed by atoms with van der Waals surface area (Å²) in [6, 6.07) is 3.69. The van der Waals surface area contributed by atoms with E-state index in [0.29, 0.717) is 12.3 Å². The van der Waals surface area contributed by atoms with E-state index >= 15 is 0 Å². The van der Waals surface area contributed by atoms with Crippen LogP contribution in [-0.4, -0.2) is 5.11 Å². The highest BCUT2D eigenvalue weighted by Gasteiger charge is 2.25. The molecule has 0 aliphatic carbocycles. The zero-order valence-corrected chi connectivity index (χ0v) is 11.9. The van der Waals surface area contributed by atoms with Crippen molar-refractivity contribution in [2.75, 3.05) is 0 Å². The average Bonchev–Trinajstić information content (AvgIpc) is 2.13. The lowest BCUT2D eigenvalue weighted by Crippen LogP contribution is -2.22.